The van der Waals surface area contributed by atoms with Gasteiger partial charge in [-0.15, -0.1) is 23.1 Å². The summed E-state index contributed by atoms with van der Waals surface area (Å²) in [6.45, 7) is 4.00. The van der Waals surface area contributed by atoms with Crippen LogP contribution in [0.3, 0.4) is 0 Å². The summed E-state index contributed by atoms with van der Waals surface area (Å²) in [5.41, 5.74) is 0.382. The first kappa shape index (κ1) is 19.8. The number of esters is 1. The largest absolute Gasteiger partial charge is 0.494 e. The van der Waals surface area contributed by atoms with Crippen LogP contribution >= 0.6 is 23.1 Å². The smallest absolute Gasteiger partial charge is 0.317 e. The number of hydrogen-bond donors (Lipinski definition) is 1. The molecule has 1 aromatic heterocycles. The lowest BCUT2D eigenvalue weighted by Gasteiger charge is -2.13. The van der Waals surface area contributed by atoms with E-state index >= 15 is 0 Å². The predicted molar refractivity (Wildman–Crippen MR) is 102 cm³/mol. The first-order valence-electron chi connectivity index (χ1n) is 7.87. The number of nitriles is 1. The molecular formula is C18H18N2O4S2. The highest BCUT2D eigenvalue weighted by Gasteiger charge is 2.19. The van der Waals surface area contributed by atoms with Crippen LogP contribution in [-0.4, -0.2) is 30.3 Å². The number of anilines is 1. The Labute approximate surface area is 160 Å². The van der Waals surface area contributed by atoms with Crippen molar-refractivity contribution in [1.82, 2.24) is 0 Å². The van der Waals surface area contributed by atoms with Gasteiger partial charge in [0.25, 0.3) is 5.91 Å². The maximum atomic E-state index is 12.1. The Morgan fingerprint density at radius 3 is 2.69 bits per heavy atom. The number of amides is 1. The summed E-state index contributed by atoms with van der Waals surface area (Å²) in [6, 6.07) is 11.0. The lowest BCUT2D eigenvalue weighted by Crippen LogP contribution is -2.30. The zero-order valence-electron chi connectivity index (χ0n) is 14.4. The Balaban J connectivity index is 1.79. The highest BCUT2D eigenvalue weighted by atomic mass is 32.2. The molecule has 0 aliphatic rings. The predicted octanol–water partition coefficient (Wildman–Crippen LogP) is 3.68. The van der Waals surface area contributed by atoms with Gasteiger partial charge in [-0.3, -0.25) is 9.59 Å². The number of carbonyl (C=O) groups excluding carboxylic acids is 2. The van der Waals surface area contributed by atoms with Gasteiger partial charge in [0.2, 0.25) is 0 Å². The zero-order valence-corrected chi connectivity index (χ0v) is 16.0. The lowest BCUT2D eigenvalue weighted by molar-refractivity contribution is -0.150. The second kappa shape index (κ2) is 9.85. The Bertz CT molecular complexity index is 796. The average molecular weight is 390 g/mol. The number of benzene rings is 1. The van der Waals surface area contributed by atoms with Gasteiger partial charge in [-0.1, -0.05) is 0 Å². The molecule has 8 heteroatoms. The van der Waals surface area contributed by atoms with Gasteiger partial charge >= 0.3 is 5.97 Å². The van der Waals surface area contributed by atoms with Crippen molar-refractivity contribution in [3.8, 4) is 11.8 Å². The maximum Gasteiger partial charge on any atom is 0.317 e. The van der Waals surface area contributed by atoms with Crippen molar-refractivity contribution >= 4 is 40.0 Å². The molecule has 0 bridgehead atoms. The van der Waals surface area contributed by atoms with Gasteiger partial charge in [-0.2, -0.15) is 5.26 Å². The van der Waals surface area contributed by atoms with Gasteiger partial charge in [0.05, 0.1) is 17.9 Å². The lowest BCUT2D eigenvalue weighted by atomic mass is 10.3. The molecule has 0 aliphatic carbocycles. The monoisotopic (exact) mass is 390 g/mol. The van der Waals surface area contributed by atoms with E-state index in [0.29, 0.717) is 17.2 Å². The molecule has 1 heterocycles. The highest BCUT2D eigenvalue weighted by molar-refractivity contribution is 8.00. The Hall–Kier alpha value is -2.50. The van der Waals surface area contributed by atoms with Crippen LogP contribution in [0.1, 0.15) is 19.4 Å². The van der Waals surface area contributed by atoms with Crippen LogP contribution < -0.4 is 10.1 Å². The van der Waals surface area contributed by atoms with Crippen molar-refractivity contribution in [1.29, 1.82) is 5.26 Å². The summed E-state index contributed by atoms with van der Waals surface area (Å²) in [6.07, 6.45) is -0.947. The summed E-state index contributed by atoms with van der Waals surface area (Å²) < 4.78 is 10.5. The van der Waals surface area contributed by atoms with Gasteiger partial charge in [0.15, 0.2) is 6.10 Å². The van der Waals surface area contributed by atoms with Crippen molar-refractivity contribution in [3.05, 3.63) is 41.3 Å². The van der Waals surface area contributed by atoms with E-state index in [-0.39, 0.29) is 5.75 Å². The van der Waals surface area contributed by atoms with Crippen molar-refractivity contribution in [2.24, 2.45) is 0 Å². The standard InChI is InChI=1S/C18H18N2O4S2/c1-3-23-14-4-6-15(7-5-14)26-11-16(21)24-12(2)17(22)20-18-13(10-19)8-9-25-18/h4-9,12H,3,11H2,1-2H3,(H,20,22)/t12-/m0/s1. The summed E-state index contributed by atoms with van der Waals surface area (Å²) in [4.78, 5) is 24.9. The van der Waals surface area contributed by atoms with Crippen LogP contribution in [-0.2, 0) is 14.3 Å². The molecule has 0 saturated carbocycles. The molecule has 0 aliphatic heterocycles. The minimum atomic E-state index is -0.947. The molecule has 6 nitrogen and oxygen atoms in total. The fourth-order valence-electron chi connectivity index (χ4n) is 1.93. The average Bonchev–Trinajstić information content (AvgIpc) is 3.08. The number of rotatable bonds is 8. The number of thiophene rings is 1. The van der Waals surface area contributed by atoms with Crippen LogP contribution in [0.25, 0.3) is 0 Å². The molecule has 1 atom stereocenters. The molecule has 2 aromatic rings. The topological polar surface area (TPSA) is 88.4 Å². The third kappa shape index (κ3) is 5.79. The van der Waals surface area contributed by atoms with E-state index in [4.69, 9.17) is 14.7 Å². The minimum Gasteiger partial charge on any atom is -0.494 e. The first-order chi connectivity index (χ1) is 12.5. The van der Waals surface area contributed by atoms with Gasteiger partial charge in [-0.05, 0) is 49.6 Å². The Morgan fingerprint density at radius 1 is 1.31 bits per heavy atom. The van der Waals surface area contributed by atoms with Crippen LogP contribution in [0.2, 0.25) is 0 Å². The minimum absolute atomic E-state index is 0.0913. The number of hydrogen-bond acceptors (Lipinski definition) is 7. The molecule has 1 amide bonds. The Kier molecular flexibility index (Phi) is 7.51. The molecule has 1 N–H and O–H groups in total. The van der Waals surface area contributed by atoms with E-state index in [1.54, 1.807) is 11.4 Å². The second-order valence-corrected chi connectivity index (χ2v) is 7.05. The number of ether oxygens (including phenoxy) is 2. The van der Waals surface area contributed by atoms with E-state index in [1.165, 1.54) is 30.0 Å². The number of carbonyl (C=O) groups is 2. The highest BCUT2D eigenvalue weighted by Crippen LogP contribution is 2.23. The summed E-state index contributed by atoms with van der Waals surface area (Å²) in [7, 11) is 0. The molecule has 136 valence electrons. The van der Waals surface area contributed by atoms with Crippen molar-refractivity contribution in [2.75, 3.05) is 17.7 Å². The van der Waals surface area contributed by atoms with Gasteiger partial charge < -0.3 is 14.8 Å². The third-order valence-corrected chi connectivity index (χ3v) is 5.01. The third-order valence-electron chi connectivity index (χ3n) is 3.19. The molecule has 0 radical (unpaired) electrons. The molecular weight excluding hydrogens is 372 g/mol. The molecule has 2 rings (SSSR count). The van der Waals surface area contributed by atoms with Gasteiger partial charge in [0, 0.05) is 4.90 Å². The fraction of sp³-hybridized carbons (Fsp3) is 0.278. The normalized spacial score (nSPS) is 11.3. The molecule has 1 aromatic carbocycles. The van der Waals surface area contributed by atoms with Gasteiger partial charge in [-0.25, -0.2) is 0 Å². The van der Waals surface area contributed by atoms with Crippen LogP contribution in [0, 0.1) is 11.3 Å². The van der Waals surface area contributed by atoms with Crippen LogP contribution in [0.15, 0.2) is 40.6 Å². The van der Waals surface area contributed by atoms with Crippen molar-refractivity contribution < 1.29 is 19.1 Å². The molecule has 0 unspecified atom stereocenters. The first-order valence-corrected chi connectivity index (χ1v) is 9.73. The van der Waals surface area contributed by atoms with E-state index in [0.717, 1.165) is 10.6 Å². The maximum absolute atomic E-state index is 12.1. The van der Waals surface area contributed by atoms with E-state index in [9.17, 15) is 9.59 Å². The van der Waals surface area contributed by atoms with Crippen molar-refractivity contribution in [3.63, 3.8) is 0 Å². The summed E-state index contributed by atoms with van der Waals surface area (Å²) in [5.74, 6) is -0.0924. The fourth-order valence-corrected chi connectivity index (χ4v) is 3.35. The quantitative estimate of drug-likeness (QED) is 0.546. The summed E-state index contributed by atoms with van der Waals surface area (Å²) in [5, 5.41) is 13.7. The second-order valence-electron chi connectivity index (χ2n) is 5.09. The summed E-state index contributed by atoms with van der Waals surface area (Å²) >= 11 is 2.56. The van der Waals surface area contributed by atoms with E-state index < -0.39 is 18.0 Å². The van der Waals surface area contributed by atoms with E-state index in [1.807, 2.05) is 37.3 Å². The molecule has 0 fully saturated rings. The van der Waals surface area contributed by atoms with Crippen molar-refractivity contribution in [2.45, 2.75) is 24.8 Å². The molecule has 0 spiro atoms. The van der Waals surface area contributed by atoms with E-state index in [2.05, 4.69) is 5.32 Å². The van der Waals surface area contributed by atoms with Crippen LogP contribution in [0.4, 0.5) is 5.00 Å². The number of nitrogens with zero attached hydrogens (tertiary/aromatic N) is 1. The van der Waals surface area contributed by atoms with Crippen LogP contribution in [0.5, 0.6) is 5.75 Å². The SMILES string of the molecule is CCOc1ccc(SCC(=O)O[C@@H](C)C(=O)Nc2sccc2C#N)cc1. The molecule has 0 saturated heterocycles. The van der Waals surface area contributed by atoms with Gasteiger partial charge in [0.1, 0.15) is 16.8 Å². The zero-order chi connectivity index (χ0) is 18.9. The Morgan fingerprint density at radius 2 is 2.04 bits per heavy atom. The molecule has 26 heavy (non-hydrogen) atoms. The number of nitrogens with one attached hydrogen (secondary N) is 1. The number of thioether (sulfide) groups is 1.